The van der Waals surface area contributed by atoms with E-state index in [-0.39, 0.29) is 29.2 Å². The van der Waals surface area contributed by atoms with Crippen LogP contribution in [0.5, 0.6) is 0 Å². The molecule has 0 radical (unpaired) electrons. The molecule has 5 nitrogen and oxygen atoms in total. The maximum atomic E-state index is 13.6. The van der Waals surface area contributed by atoms with Gasteiger partial charge in [0.1, 0.15) is 0 Å². The van der Waals surface area contributed by atoms with E-state index >= 15 is 0 Å². The summed E-state index contributed by atoms with van der Waals surface area (Å²) in [6.45, 7) is 0. The number of carbonyl (C=O) groups excluding carboxylic acids is 2. The lowest BCUT2D eigenvalue weighted by molar-refractivity contribution is -0.122. The van der Waals surface area contributed by atoms with Gasteiger partial charge in [-0.05, 0) is 46.5 Å². The number of fused-ring (bicyclic) bond motifs is 5. The Kier molecular flexibility index (Phi) is 4.59. The van der Waals surface area contributed by atoms with Gasteiger partial charge in [-0.2, -0.15) is 0 Å². The first-order valence-electron chi connectivity index (χ1n) is 11.3. The fourth-order valence-corrected chi connectivity index (χ4v) is 5.81. The highest BCUT2D eigenvalue weighted by Crippen LogP contribution is 2.58. The Hall–Kier alpha value is -4.25. The summed E-state index contributed by atoms with van der Waals surface area (Å²) in [5, 5.41) is 9.16. The number of benzene rings is 3. The number of allylic oxidation sites excluding steroid dienone is 3. The molecule has 2 bridgehead atoms. The van der Waals surface area contributed by atoms with Gasteiger partial charge in [0.25, 0.3) is 0 Å². The average molecular weight is 447 g/mol. The Morgan fingerprint density at radius 3 is 1.56 bits per heavy atom. The molecule has 1 saturated heterocycles. The molecule has 1 saturated carbocycles. The Morgan fingerprint density at radius 1 is 0.647 bits per heavy atom. The molecule has 5 heteroatoms. The molecular formula is C29H21NO4. The van der Waals surface area contributed by atoms with Gasteiger partial charge >= 0.3 is 5.97 Å². The third-order valence-corrected chi connectivity index (χ3v) is 7.20. The van der Waals surface area contributed by atoms with Crippen LogP contribution >= 0.6 is 0 Å². The Morgan fingerprint density at radius 2 is 1.12 bits per heavy atom. The second-order valence-electron chi connectivity index (χ2n) is 8.91. The third kappa shape index (κ3) is 2.90. The smallest absolute Gasteiger partial charge is 0.335 e. The number of carboxylic acid groups (broad SMARTS) is 1. The normalized spacial score (nSPS) is 24.6. The summed E-state index contributed by atoms with van der Waals surface area (Å²) in [5.41, 5.74) is 4.91. The number of carbonyl (C=O) groups is 3. The average Bonchev–Trinajstić information content (AvgIpc) is 3.50. The van der Waals surface area contributed by atoms with Crippen molar-refractivity contribution in [2.75, 3.05) is 4.90 Å². The zero-order valence-electron chi connectivity index (χ0n) is 18.2. The standard InChI is InChI=1S/C29H21NO4/c31-27-25-21-15-16-22(26(25)28(32)30(27)20-13-11-19(12-14-20)29(33)34)24(21)23(17-7-3-1-4-8-17)18-9-5-2-6-10-18/h1-16,21-22,25-26H,(H,33,34)/t21-,22-,25-,26-/m1/s1. The third-order valence-electron chi connectivity index (χ3n) is 7.20. The molecule has 34 heavy (non-hydrogen) atoms. The van der Waals surface area contributed by atoms with E-state index in [2.05, 4.69) is 36.4 Å². The Labute approximate surface area is 196 Å². The number of hydrogen-bond donors (Lipinski definition) is 1. The number of imide groups is 1. The van der Waals surface area contributed by atoms with E-state index < -0.39 is 17.8 Å². The van der Waals surface area contributed by atoms with E-state index in [0.717, 1.165) is 22.3 Å². The molecule has 166 valence electrons. The summed E-state index contributed by atoms with van der Waals surface area (Å²) in [7, 11) is 0. The number of hydrogen-bond acceptors (Lipinski definition) is 3. The lowest BCUT2D eigenvalue weighted by atomic mass is 9.85. The largest absolute Gasteiger partial charge is 0.478 e. The molecule has 0 spiro atoms. The second kappa shape index (κ2) is 7.66. The number of anilines is 1. The van der Waals surface area contributed by atoms with Crippen molar-refractivity contribution in [2.24, 2.45) is 23.7 Å². The number of rotatable bonds is 4. The van der Waals surface area contributed by atoms with Gasteiger partial charge in [-0.25, -0.2) is 9.69 Å². The number of aromatic carboxylic acids is 1. The van der Waals surface area contributed by atoms with Crippen LogP contribution in [-0.4, -0.2) is 22.9 Å². The summed E-state index contributed by atoms with van der Waals surface area (Å²) in [5.74, 6) is -2.66. The molecular weight excluding hydrogens is 426 g/mol. The van der Waals surface area contributed by atoms with Gasteiger partial charge in [0.2, 0.25) is 11.8 Å². The van der Waals surface area contributed by atoms with Crippen molar-refractivity contribution in [3.05, 3.63) is 119 Å². The molecule has 3 aromatic rings. The van der Waals surface area contributed by atoms with E-state index in [9.17, 15) is 14.4 Å². The maximum absolute atomic E-state index is 13.6. The number of carboxylic acids is 1. The van der Waals surface area contributed by atoms with Crippen LogP contribution in [0.3, 0.4) is 0 Å². The van der Waals surface area contributed by atoms with Crippen LogP contribution < -0.4 is 4.90 Å². The maximum Gasteiger partial charge on any atom is 0.335 e. The van der Waals surface area contributed by atoms with Crippen LogP contribution in [0.2, 0.25) is 0 Å². The molecule has 3 aliphatic rings. The first kappa shape index (κ1) is 20.4. The predicted octanol–water partition coefficient (Wildman–Crippen LogP) is 4.81. The highest BCUT2D eigenvalue weighted by molar-refractivity contribution is 6.23. The van der Waals surface area contributed by atoms with E-state index in [1.165, 1.54) is 29.2 Å². The number of amides is 2. The minimum Gasteiger partial charge on any atom is -0.478 e. The fourth-order valence-electron chi connectivity index (χ4n) is 5.81. The van der Waals surface area contributed by atoms with Crippen LogP contribution in [0.15, 0.2) is 103 Å². The first-order chi connectivity index (χ1) is 16.6. The summed E-state index contributed by atoms with van der Waals surface area (Å²) in [4.78, 5) is 39.6. The van der Waals surface area contributed by atoms with Crippen LogP contribution in [0.25, 0.3) is 5.57 Å². The Bertz CT molecular complexity index is 1300. The van der Waals surface area contributed by atoms with E-state index in [1.54, 1.807) is 0 Å². The van der Waals surface area contributed by atoms with E-state index in [0.29, 0.717) is 5.69 Å². The van der Waals surface area contributed by atoms with Crippen LogP contribution in [0, 0.1) is 23.7 Å². The van der Waals surface area contributed by atoms with E-state index in [1.807, 2.05) is 36.4 Å². The molecule has 3 aromatic carbocycles. The van der Waals surface area contributed by atoms with Crippen LogP contribution in [0.1, 0.15) is 21.5 Å². The molecule has 1 heterocycles. The molecule has 2 aliphatic carbocycles. The lowest BCUT2D eigenvalue weighted by Gasteiger charge is -2.21. The minimum absolute atomic E-state index is 0.116. The van der Waals surface area contributed by atoms with Gasteiger partial charge in [-0.3, -0.25) is 9.59 Å². The van der Waals surface area contributed by atoms with Crippen molar-refractivity contribution < 1.29 is 19.5 Å². The van der Waals surface area contributed by atoms with Crippen molar-refractivity contribution in [2.45, 2.75) is 0 Å². The van der Waals surface area contributed by atoms with Crippen molar-refractivity contribution >= 4 is 29.0 Å². The van der Waals surface area contributed by atoms with Crippen LogP contribution in [0.4, 0.5) is 5.69 Å². The molecule has 0 unspecified atom stereocenters. The summed E-state index contributed by atoms with van der Waals surface area (Å²) >= 11 is 0. The van der Waals surface area contributed by atoms with Crippen molar-refractivity contribution in [1.82, 2.24) is 0 Å². The second-order valence-corrected chi connectivity index (χ2v) is 8.91. The monoisotopic (exact) mass is 447 g/mol. The van der Waals surface area contributed by atoms with Gasteiger partial charge in [-0.1, -0.05) is 72.8 Å². The quantitative estimate of drug-likeness (QED) is 0.460. The first-order valence-corrected chi connectivity index (χ1v) is 11.3. The van der Waals surface area contributed by atoms with Gasteiger partial charge < -0.3 is 5.11 Å². The summed E-state index contributed by atoms with van der Waals surface area (Å²) in [6, 6.07) is 26.2. The van der Waals surface area contributed by atoms with Crippen LogP contribution in [-0.2, 0) is 9.59 Å². The molecule has 4 atom stereocenters. The molecule has 1 aliphatic heterocycles. The topological polar surface area (TPSA) is 74.7 Å². The van der Waals surface area contributed by atoms with Gasteiger partial charge in [0.05, 0.1) is 23.1 Å². The highest BCUT2D eigenvalue weighted by Gasteiger charge is 2.62. The zero-order chi connectivity index (χ0) is 23.4. The molecule has 0 aromatic heterocycles. The lowest BCUT2D eigenvalue weighted by Crippen LogP contribution is -2.33. The highest BCUT2D eigenvalue weighted by atomic mass is 16.4. The van der Waals surface area contributed by atoms with E-state index in [4.69, 9.17) is 5.11 Å². The zero-order valence-corrected chi connectivity index (χ0v) is 18.2. The fraction of sp³-hybridized carbons (Fsp3) is 0.138. The van der Waals surface area contributed by atoms with Gasteiger partial charge in [-0.15, -0.1) is 0 Å². The molecule has 2 fully saturated rings. The van der Waals surface area contributed by atoms with Gasteiger partial charge in [0.15, 0.2) is 0 Å². The SMILES string of the molecule is O=C(O)c1ccc(N2C(=O)[C@H]3[C@H](C2=O)[C@@H]2C=C[C@@H]3C2=C(c2ccccc2)c2ccccc2)cc1. The molecule has 1 N–H and O–H groups in total. The van der Waals surface area contributed by atoms with Crippen molar-refractivity contribution in [1.29, 1.82) is 0 Å². The predicted molar refractivity (Wildman–Crippen MR) is 128 cm³/mol. The molecule has 6 rings (SSSR count). The minimum atomic E-state index is -1.05. The summed E-state index contributed by atoms with van der Waals surface area (Å²) < 4.78 is 0. The Balaban J connectivity index is 1.44. The number of nitrogens with zero attached hydrogens (tertiary/aromatic N) is 1. The van der Waals surface area contributed by atoms with Crippen molar-refractivity contribution in [3.63, 3.8) is 0 Å². The summed E-state index contributed by atoms with van der Waals surface area (Å²) in [6.07, 6.45) is 4.16. The van der Waals surface area contributed by atoms with Crippen molar-refractivity contribution in [3.8, 4) is 0 Å². The molecule has 2 amide bonds. The van der Waals surface area contributed by atoms with Gasteiger partial charge in [0, 0.05) is 11.8 Å².